The minimum absolute atomic E-state index is 0.217. The first kappa shape index (κ1) is 12.3. The molecule has 2 nitrogen and oxygen atoms in total. The lowest BCUT2D eigenvalue weighted by Gasteiger charge is -2.21. The van der Waals surface area contributed by atoms with Crippen molar-refractivity contribution in [2.45, 2.75) is 65.5 Å². The standard InChI is InChI=1S/C13H25N2/c1-7-12(3,4)14-9-10-15(11-14)13(5,6)8-2/h9-11H,7-8H2,1-6H3/q+1. The van der Waals surface area contributed by atoms with E-state index in [2.05, 4.69) is 69.4 Å². The van der Waals surface area contributed by atoms with Crippen LogP contribution in [0, 0.1) is 0 Å². The maximum absolute atomic E-state index is 2.31. The third-order valence-corrected chi connectivity index (χ3v) is 3.77. The Morgan fingerprint density at radius 1 is 1.07 bits per heavy atom. The number of imidazole rings is 1. The molecule has 0 saturated carbocycles. The van der Waals surface area contributed by atoms with Gasteiger partial charge in [0.05, 0.1) is 0 Å². The number of aromatic nitrogens is 2. The van der Waals surface area contributed by atoms with Crippen molar-refractivity contribution in [1.82, 2.24) is 4.57 Å². The van der Waals surface area contributed by atoms with Gasteiger partial charge in [-0.3, -0.25) is 0 Å². The van der Waals surface area contributed by atoms with Gasteiger partial charge in [-0.1, -0.05) is 13.8 Å². The molecule has 2 heteroatoms. The molecular weight excluding hydrogens is 184 g/mol. The number of nitrogens with zero attached hydrogens (tertiary/aromatic N) is 2. The molecule has 86 valence electrons. The Morgan fingerprint density at radius 3 is 2.13 bits per heavy atom. The van der Waals surface area contributed by atoms with Crippen molar-refractivity contribution in [3.8, 4) is 0 Å². The number of hydrogen-bond acceptors (Lipinski definition) is 0. The van der Waals surface area contributed by atoms with Gasteiger partial charge in [0.2, 0.25) is 6.33 Å². The van der Waals surface area contributed by atoms with E-state index in [0.29, 0.717) is 0 Å². The first-order valence-corrected chi connectivity index (χ1v) is 5.93. The molecule has 1 aromatic rings. The van der Waals surface area contributed by atoms with Gasteiger partial charge in [0, 0.05) is 0 Å². The van der Waals surface area contributed by atoms with Crippen molar-refractivity contribution in [2.75, 3.05) is 0 Å². The fourth-order valence-corrected chi connectivity index (χ4v) is 1.44. The molecule has 0 aliphatic rings. The highest BCUT2D eigenvalue weighted by molar-refractivity contribution is 4.82. The Morgan fingerprint density at radius 2 is 1.67 bits per heavy atom. The largest absolute Gasteiger partial charge is 0.244 e. The van der Waals surface area contributed by atoms with Crippen LogP contribution in [0.4, 0.5) is 0 Å². The molecule has 0 aliphatic carbocycles. The first-order valence-electron chi connectivity index (χ1n) is 5.93. The van der Waals surface area contributed by atoms with Crippen molar-refractivity contribution in [2.24, 2.45) is 0 Å². The van der Waals surface area contributed by atoms with Crippen molar-refractivity contribution in [1.29, 1.82) is 0 Å². The Labute approximate surface area is 93.9 Å². The summed E-state index contributed by atoms with van der Waals surface area (Å²) in [6, 6.07) is 0. The molecule has 0 amide bonds. The van der Waals surface area contributed by atoms with Crippen LogP contribution in [0.2, 0.25) is 0 Å². The average molecular weight is 209 g/mol. The van der Waals surface area contributed by atoms with Crippen LogP contribution in [0.25, 0.3) is 0 Å². The number of rotatable bonds is 4. The Hall–Kier alpha value is -0.790. The van der Waals surface area contributed by atoms with Crippen molar-refractivity contribution in [3.05, 3.63) is 18.7 Å². The highest BCUT2D eigenvalue weighted by Crippen LogP contribution is 2.19. The molecule has 0 aromatic carbocycles. The maximum atomic E-state index is 2.31. The molecule has 0 radical (unpaired) electrons. The van der Waals surface area contributed by atoms with Crippen LogP contribution in [-0.4, -0.2) is 4.57 Å². The highest BCUT2D eigenvalue weighted by atomic mass is 15.2. The zero-order valence-electron chi connectivity index (χ0n) is 11.0. The van der Waals surface area contributed by atoms with Crippen molar-refractivity contribution in [3.63, 3.8) is 0 Å². The number of hydrogen-bond donors (Lipinski definition) is 0. The Balaban J connectivity index is 3.00. The maximum Gasteiger partial charge on any atom is 0.244 e. The quantitative estimate of drug-likeness (QED) is 0.674. The molecule has 1 rings (SSSR count). The zero-order chi connectivity index (χ0) is 11.7. The van der Waals surface area contributed by atoms with Gasteiger partial charge < -0.3 is 0 Å². The Kier molecular flexibility index (Phi) is 3.27. The fourth-order valence-electron chi connectivity index (χ4n) is 1.44. The average Bonchev–Trinajstić information content (AvgIpc) is 2.67. The van der Waals surface area contributed by atoms with E-state index in [0.717, 1.165) is 12.8 Å². The van der Waals surface area contributed by atoms with E-state index in [1.807, 2.05) is 0 Å². The minimum Gasteiger partial charge on any atom is -0.232 e. The fraction of sp³-hybridized carbons (Fsp3) is 0.769. The third kappa shape index (κ3) is 2.42. The molecule has 1 heterocycles. The summed E-state index contributed by atoms with van der Waals surface area (Å²) in [6.45, 7) is 13.6. The van der Waals surface area contributed by atoms with Gasteiger partial charge in [-0.2, -0.15) is 0 Å². The van der Waals surface area contributed by atoms with Gasteiger partial charge in [-0.15, -0.1) is 0 Å². The molecule has 0 fully saturated rings. The van der Waals surface area contributed by atoms with E-state index < -0.39 is 0 Å². The second-order valence-corrected chi connectivity index (χ2v) is 5.56. The SMILES string of the molecule is CCC(C)(C)n1cc[n+](C(C)(C)CC)c1. The molecule has 0 aliphatic heterocycles. The second-order valence-electron chi connectivity index (χ2n) is 5.56. The summed E-state index contributed by atoms with van der Waals surface area (Å²) in [5.41, 5.74) is 0.435. The van der Waals surface area contributed by atoms with Gasteiger partial charge in [0.25, 0.3) is 0 Å². The molecule has 0 spiro atoms. The van der Waals surface area contributed by atoms with Gasteiger partial charge in [-0.25, -0.2) is 9.13 Å². The lowest BCUT2D eigenvalue weighted by Crippen LogP contribution is -2.50. The summed E-state index contributed by atoms with van der Waals surface area (Å²) in [4.78, 5) is 0. The lowest BCUT2D eigenvalue weighted by molar-refractivity contribution is -0.758. The Bertz CT molecular complexity index is 291. The summed E-state index contributed by atoms with van der Waals surface area (Å²) < 4.78 is 4.62. The van der Waals surface area contributed by atoms with E-state index in [4.69, 9.17) is 0 Å². The van der Waals surface area contributed by atoms with Crippen LogP contribution >= 0.6 is 0 Å². The molecule has 0 unspecified atom stereocenters. The van der Waals surface area contributed by atoms with Crippen LogP contribution in [0.15, 0.2) is 18.7 Å². The van der Waals surface area contributed by atoms with Gasteiger partial charge in [-0.05, 0) is 40.5 Å². The predicted molar refractivity (Wildman–Crippen MR) is 63.9 cm³/mol. The molecule has 0 bridgehead atoms. The zero-order valence-corrected chi connectivity index (χ0v) is 11.0. The van der Waals surface area contributed by atoms with Crippen molar-refractivity contribution >= 4 is 0 Å². The van der Waals surface area contributed by atoms with Crippen molar-refractivity contribution < 1.29 is 4.57 Å². The highest BCUT2D eigenvalue weighted by Gasteiger charge is 2.28. The minimum atomic E-state index is 0.217. The summed E-state index contributed by atoms with van der Waals surface area (Å²) in [7, 11) is 0. The van der Waals surface area contributed by atoms with E-state index in [1.165, 1.54) is 0 Å². The summed E-state index contributed by atoms with van der Waals surface area (Å²) in [5, 5.41) is 0. The third-order valence-electron chi connectivity index (χ3n) is 3.77. The van der Waals surface area contributed by atoms with E-state index in [-0.39, 0.29) is 11.1 Å². The second kappa shape index (κ2) is 3.99. The normalized spacial score (nSPS) is 13.2. The molecule has 0 N–H and O–H groups in total. The molecule has 15 heavy (non-hydrogen) atoms. The molecule has 0 saturated heterocycles. The predicted octanol–water partition coefficient (Wildman–Crippen LogP) is 3.07. The van der Waals surface area contributed by atoms with Crippen LogP contribution in [-0.2, 0) is 11.1 Å². The smallest absolute Gasteiger partial charge is 0.232 e. The molecule has 1 aromatic heterocycles. The van der Waals surface area contributed by atoms with E-state index in [9.17, 15) is 0 Å². The van der Waals surface area contributed by atoms with Crippen LogP contribution in [0.1, 0.15) is 54.4 Å². The van der Waals surface area contributed by atoms with Gasteiger partial charge >= 0.3 is 0 Å². The van der Waals surface area contributed by atoms with E-state index >= 15 is 0 Å². The van der Waals surface area contributed by atoms with Crippen LogP contribution in [0.5, 0.6) is 0 Å². The summed E-state index contributed by atoms with van der Waals surface area (Å²) >= 11 is 0. The van der Waals surface area contributed by atoms with Gasteiger partial charge in [0.15, 0.2) is 0 Å². The topological polar surface area (TPSA) is 8.81 Å². The first-order chi connectivity index (χ1) is 6.83. The molecular formula is C13H25N2+. The van der Waals surface area contributed by atoms with Crippen LogP contribution < -0.4 is 4.57 Å². The van der Waals surface area contributed by atoms with Gasteiger partial charge in [0.1, 0.15) is 23.5 Å². The lowest BCUT2D eigenvalue weighted by atomic mass is 10.0. The molecule has 0 atom stereocenters. The van der Waals surface area contributed by atoms with E-state index in [1.54, 1.807) is 0 Å². The summed E-state index contributed by atoms with van der Waals surface area (Å²) in [5.74, 6) is 0. The monoisotopic (exact) mass is 209 g/mol. The summed E-state index contributed by atoms with van der Waals surface area (Å²) in [6.07, 6.45) is 8.89. The van der Waals surface area contributed by atoms with Crippen LogP contribution in [0.3, 0.4) is 0 Å².